The van der Waals surface area contributed by atoms with Crippen molar-refractivity contribution in [2.45, 2.75) is 19.3 Å². The van der Waals surface area contributed by atoms with Gasteiger partial charge in [-0.05, 0) is 23.8 Å². The number of fused-ring (bicyclic) bond motifs is 1. The number of ether oxygens (including phenoxy) is 2. The molecule has 0 aliphatic carbocycles. The van der Waals surface area contributed by atoms with Crippen LogP contribution >= 0.6 is 0 Å². The topological polar surface area (TPSA) is 93.7 Å². The van der Waals surface area contributed by atoms with Gasteiger partial charge in [-0.2, -0.15) is 0 Å². The number of esters is 2. The van der Waals surface area contributed by atoms with Gasteiger partial charge in [-0.1, -0.05) is 13.8 Å². The van der Waals surface area contributed by atoms with Gasteiger partial charge in [-0.15, -0.1) is 0 Å². The molecule has 0 spiro atoms. The lowest BCUT2D eigenvalue weighted by Crippen LogP contribution is -2.43. The lowest BCUT2D eigenvalue weighted by atomic mass is 9.79. The molecule has 0 saturated heterocycles. The predicted molar refractivity (Wildman–Crippen MR) is 87.5 cm³/mol. The second-order valence-electron chi connectivity index (χ2n) is 6.02. The molecule has 1 aromatic rings. The summed E-state index contributed by atoms with van der Waals surface area (Å²) in [5, 5.41) is 5.70. The van der Waals surface area contributed by atoms with Crippen LogP contribution in [0.5, 0.6) is 0 Å². The maximum absolute atomic E-state index is 12.0. The third-order valence-corrected chi connectivity index (χ3v) is 3.83. The van der Waals surface area contributed by atoms with Gasteiger partial charge in [0, 0.05) is 23.2 Å². The number of carbonyl (C=O) groups excluding carboxylic acids is 3. The maximum atomic E-state index is 12.0. The summed E-state index contributed by atoms with van der Waals surface area (Å²) in [6.07, 6.45) is 1.02. The van der Waals surface area contributed by atoms with Gasteiger partial charge in [-0.25, -0.2) is 9.59 Å². The summed E-state index contributed by atoms with van der Waals surface area (Å²) in [4.78, 5) is 35.2. The molecule has 2 N–H and O–H groups in total. The lowest BCUT2D eigenvalue weighted by Gasteiger charge is -2.32. The highest BCUT2D eigenvalue weighted by Crippen LogP contribution is 2.32. The van der Waals surface area contributed by atoms with Gasteiger partial charge >= 0.3 is 11.9 Å². The first-order chi connectivity index (χ1) is 11.3. The van der Waals surface area contributed by atoms with E-state index < -0.39 is 11.9 Å². The molecular weight excluding hydrogens is 312 g/mol. The molecule has 1 amide bonds. The van der Waals surface area contributed by atoms with Crippen molar-refractivity contribution in [3.05, 3.63) is 41.1 Å². The largest absolute Gasteiger partial charge is 0.466 e. The van der Waals surface area contributed by atoms with E-state index in [0.29, 0.717) is 17.8 Å². The molecule has 0 atom stereocenters. The van der Waals surface area contributed by atoms with E-state index >= 15 is 0 Å². The minimum atomic E-state index is -0.699. The highest BCUT2D eigenvalue weighted by molar-refractivity contribution is 6.00. The number of nitrogens with one attached hydrogen (secondary N) is 2. The van der Waals surface area contributed by atoms with Crippen molar-refractivity contribution in [3.63, 3.8) is 0 Å². The van der Waals surface area contributed by atoms with Crippen molar-refractivity contribution >= 4 is 23.5 Å². The van der Waals surface area contributed by atoms with Crippen molar-refractivity contribution in [2.24, 2.45) is 0 Å². The maximum Gasteiger partial charge on any atom is 0.354 e. The van der Waals surface area contributed by atoms with Crippen molar-refractivity contribution in [1.82, 2.24) is 5.32 Å². The zero-order valence-corrected chi connectivity index (χ0v) is 14.1. The second-order valence-corrected chi connectivity index (χ2v) is 6.02. The van der Waals surface area contributed by atoms with Crippen molar-refractivity contribution in [3.8, 4) is 0 Å². The molecule has 0 aromatic heterocycles. The third kappa shape index (κ3) is 3.56. The SMILES string of the molecule is COC(=O)/C=C(/Nc1ccc2c(c1)C(C)(C)CNC2=O)C(=O)OC. The zero-order chi connectivity index (χ0) is 17.9. The number of rotatable bonds is 4. The Balaban J connectivity index is 2.39. The summed E-state index contributed by atoms with van der Waals surface area (Å²) in [6.45, 7) is 4.55. The molecule has 2 rings (SSSR count). The monoisotopic (exact) mass is 332 g/mol. The third-order valence-electron chi connectivity index (χ3n) is 3.83. The fraction of sp³-hybridized carbons (Fsp3) is 0.353. The molecular formula is C17H20N2O5. The van der Waals surface area contributed by atoms with Crippen LogP contribution in [-0.4, -0.2) is 38.6 Å². The molecule has 0 saturated carbocycles. The van der Waals surface area contributed by atoms with Gasteiger partial charge in [0.05, 0.1) is 20.3 Å². The van der Waals surface area contributed by atoms with E-state index in [1.165, 1.54) is 14.2 Å². The number of amides is 1. The van der Waals surface area contributed by atoms with Crippen LogP contribution in [-0.2, 0) is 24.5 Å². The van der Waals surface area contributed by atoms with E-state index in [0.717, 1.165) is 11.6 Å². The number of benzene rings is 1. The first-order valence-corrected chi connectivity index (χ1v) is 7.36. The minimum absolute atomic E-state index is 0.0534. The first kappa shape index (κ1) is 17.5. The predicted octanol–water partition coefficient (Wildman–Crippen LogP) is 1.35. The van der Waals surface area contributed by atoms with Gasteiger partial charge in [0.2, 0.25) is 0 Å². The Bertz CT molecular complexity index is 722. The standard InChI is InChI=1S/C17H20N2O5/c1-17(2)9-18-15(21)11-6-5-10(7-12(11)17)19-13(16(22)24-4)8-14(20)23-3/h5-8,19H,9H2,1-4H3,(H,18,21)/b13-8+. The Kier molecular flexibility index (Phi) is 4.92. The molecule has 0 unspecified atom stereocenters. The average Bonchev–Trinajstić information content (AvgIpc) is 2.57. The number of carbonyl (C=O) groups is 3. The molecule has 1 aromatic carbocycles. The van der Waals surface area contributed by atoms with E-state index in [2.05, 4.69) is 20.1 Å². The Morgan fingerprint density at radius 2 is 1.96 bits per heavy atom. The first-order valence-electron chi connectivity index (χ1n) is 7.36. The van der Waals surface area contributed by atoms with Gasteiger partial charge < -0.3 is 20.1 Å². The summed E-state index contributed by atoms with van der Waals surface area (Å²) < 4.78 is 9.19. The fourth-order valence-electron chi connectivity index (χ4n) is 2.46. The number of anilines is 1. The Hall–Kier alpha value is -2.83. The summed E-state index contributed by atoms with van der Waals surface area (Å²) in [6, 6.07) is 5.14. The molecule has 1 aliphatic rings. The smallest absolute Gasteiger partial charge is 0.354 e. The Morgan fingerprint density at radius 1 is 1.25 bits per heavy atom. The van der Waals surface area contributed by atoms with Gasteiger partial charge in [0.25, 0.3) is 5.91 Å². The molecule has 0 bridgehead atoms. The van der Waals surface area contributed by atoms with Crippen LogP contribution in [0, 0.1) is 0 Å². The minimum Gasteiger partial charge on any atom is -0.466 e. The van der Waals surface area contributed by atoms with E-state index in [4.69, 9.17) is 0 Å². The van der Waals surface area contributed by atoms with E-state index in [-0.39, 0.29) is 17.0 Å². The number of hydrogen-bond donors (Lipinski definition) is 2. The van der Waals surface area contributed by atoms with Crippen molar-refractivity contribution < 1.29 is 23.9 Å². The van der Waals surface area contributed by atoms with Crippen molar-refractivity contribution in [2.75, 3.05) is 26.1 Å². The molecule has 128 valence electrons. The summed E-state index contributed by atoms with van der Waals surface area (Å²) in [7, 11) is 2.43. The van der Waals surface area contributed by atoms with Crippen LogP contribution < -0.4 is 10.6 Å². The highest BCUT2D eigenvalue weighted by Gasteiger charge is 2.31. The van der Waals surface area contributed by atoms with Crippen LogP contribution in [0.3, 0.4) is 0 Å². The Morgan fingerprint density at radius 3 is 2.58 bits per heavy atom. The fourth-order valence-corrected chi connectivity index (χ4v) is 2.46. The molecule has 7 heteroatoms. The van der Waals surface area contributed by atoms with Crippen molar-refractivity contribution in [1.29, 1.82) is 0 Å². The summed E-state index contributed by atoms with van der Waals surface area (Å²) >= 11 is 0. The van der Waals surface area contributed by atoms with Crippen LogP contribution in [0.15, 0.2) is 30.0 Å². The summed E-state index contributed by atoms with van der Waals surface area (Å²) in [5.74, 6) is -1.51. The molecule has 7 nitrogen and oxygen atoms in total. The Labute approximate surface area is 140 Å². The van der Waals surface area contributed by atoms with Crippen LogP contribution in [0.25, 0.3) is 0 Å². The van der Waals surface area contributed by atoms with Gasteiger partial charge in [0.15, 0.2) is 0 Å². The molecule has 0 fully saturated rings. The molecule has 1 heterocycles. The normalized spacial score (nSPS) is 15.8. The van der Waals surface area contributed by atoms with E-state index in [1.54, 1.807) is 18.2 Å². The van der Waals surface area contributed by atoms with Crippen LogP contribution in [0.4, 0.5) is 5.69 Å². The lowest BCUT2D eigenvalue weighted by molar-refractivity contribution is -0.138. The van der Waals surface area contributed by atoms with E-state index in [9.17, 15) is 14.4 Å². The molecule has 0 radical (unpaired) electrons. The average molecular weight is 332 g/mol. The molecule has 1 aliphatic heterocycles. The van der Waals surface area contributed by atoms with Crippen LogP contribution in [0.1, 0.15) is 29.8 Å². The van der Waals surface area contributed by atoms with Gasteiger partial charge in [-0.3, -0.25) is 4.79 Å². The zero-order valence-electron chi connectivity index (χ0n) is 14.1. The highest BCUT2D eigenvalue weighted by atomic mass is 16.5. The molecule has 24 heavy (non-hydrogen) atoms. The quantitative estimate of drug-likeness (QED) is 0.638. The van der Waals surface area contributed by atoms with E-state index in [1.807, 2.05) is 13.8 Å². The summed E-state index contributed by atoms with van der Waals surface area (Å²) in [5.41, 5.74) is 1.71. The number of methoxy groups -OCH3 is 2. The van der Waals surface area contributed by atoms with Gasteiger partial charge in [0.1, 0.15) is 5.70 Å². The number of hydrogen-bond acceptors (Lipinski definition) is 6. The van der Waals surface area contributed by atoms with Crippen LogP contribution in [0.2, 0.25) is 0 Å². The second kappa shape index (κ2) is 6.74.